The molecule has 0 saturated carbocycles. The highest BCUT2D eigenvalue weighted by molar-refractivity contribution is 5.79. The molecule has 0 amide bonds. The van der Waals surface area contributed by atoms with Crippen molar-refractivity contribution < 1.29 is 4.39 Å². The second-order valence-corrected chi connectivity index (χ2v) is 6.55. The molecule has 5 heteroatoms. The predicted octanol–water partition coefficient (Wildman–Crippen LogP) is 4.72. The van der Waals surface area contributed by atoms with Gasteiger partial charge in [-0.15, -0.1) is 0 Å². The van der Waals surface area contributed by atoms with E-state index in [1.165, 1.54) is 6.07 Å². The van der Waals surface area contributed by atoms with E-state index in [2.05, 4.69) is 14.9 Å². The highest BCUT2D eigenvalue weighted by Crippen LogP contribution is 2.41. The van der Waals surface area contributed by atoms with E-state index in [4.69, 9.17) is 4.98 Å². The fourth-order valence-corrected chi connectivity index (χ4v) is 3.82. The minimum absolute atomic E-state index is 0.0256. The first kappa shape index (κ1) is 15.1. The molecule has 0 saturated heterocycles. The Balaban J connectivity index is 1.71. The van der Waals surface area contributed by atoms with Gasteiger partial charge in [-0.05, 0) is 36.2 Å². The van der Waals surface area contributed by atoms with Crippen molar-refractivity contribution in [1.29, 1.82) is 0 Å². The van der Waals surface area contributed by atoms with Crippen molar-refractivity contribution in [2.24, 2.45) is 0 Å². The van der Waals surface area contributed by atoms with Crippen LogP contribution in [0, 0.1) is 5.82 Å². The topological polar surface area (TPSA) is 42.7 Å². The Kier molecular flexibility index (Phi) is 3.45. The predicted molar refractivity (Wildman–Crippen MR) is 99.5 cm³/mol. The lowest BCUT2D eigenvalue weighted by Gasteiger charge is -2.33. The Bertz CT molecular complexity index is 1070. The third-order valence-corrected chi connectivity index (χ3v) is 5.02. The van der Waals surface area contributed by atoms with Gasteiger partial charge in [-0.3, -0.25) is 4.98 Å². The number of para-hydroxylation sites is 2. The van der Waals surface area contributed by atoms with E-state index in [1.54, 1.807) is 12.3 Å². The molecule has 1 aliphatic rings. The molecule has 3 heterocycles. The van der Waals surface area contributed by atoms with Gasteiger partial charge in [0, 0.05) is 18.0 Å². The van der Waals surface area contributed by atoms with Crippen molar-refractivity contribution in [3.63, 3.8) is 0 Å². The number of nitrogens with one attached hydrogen (secondary N) is 1. The van der Waals surface area contributed by atoms with E-state index in [0.717, 1.165) is 29.0 Å². The van der Waals surface area contributed by atoms with E-state index in [0.29, 0.717) is 5.56 Å². The number of anilines is 1. The normalized spacial score (nSPS) is 19.1. The summed E-state index contributed by atoms with van der Waals surface area (Å²) in [6, 6.07) is 18.8. The molecule has 0 unspecified atom stereocenters. The zero-order valence-corrected chi connectivity index (χ0v) is 14.0. The number of fused-ring (bicyclic) bond motifs is 3. The van der Waals surface area contributed by atoms with E-state index < -0.39 is 0 Å². The van der Waals surface area contributed by atoms with Crippen LogP contribution in [0.25, 0.3) is 11.0 Å². The summed E-state index contributed by atoms with van der Waals surface area (Å²) in [7, 11) is 0. The Hall–Kier alpha value is -3.21. The van der Waals surface area contributed by atoms with Crippen molar-refractivity contribution in [2.45, 2.75) is 18.5 Å². The zero-order valence-electron chi connectivity index (χ0n) is 14.0. The van der Waals surface area contributed by atoms with Crippen molar-refractivity contribution in [3.05, 3.63) is 90.0 Å². The van der Waals surface area contributed by atoms with Crippen LogP contribution < -0.4 is 5.32 Å². The summed E-state index contributed by atoms with van der Waals surface area (Å²) in [5, 5.41) is 3.51. The Labute approximate surface area is 150 Å². The number of pyridine rings is 1. The number of nitrogens with zero attached hydrogens (tertiary/aromatic N) is 3. The number of benzene rings is 2. The fourth-order valence-electron chi connectivity index (χ4n) is 3.82. The maximum Gasteiger partial charge on any atom is 0.204 e. The van der Waals surface area contributed by atoms with E-state index in [9.17, 15) is 4.39 Å². The molecule has 2 aromatic heterocycles. The number of aromatic nitrogens is 3. The Morgan fingerprint density at radius 3 is 2.69 bits per heavy atom. The monoisotopic (exact) mass is 344 g/mol. The Morgan fingerprint density at radius 1 is 1.00 bits per heavy atom. The van der Waals surface area contributed by atoms with Gasteiger partial charge in [0.05, 0.1) is 23.1 Å². The molecule has 4 nitrogen and oxygen atoms in total. The summed E-state index contributed by atoms with van der Waals surface area (Å²) >= 11 is 0. The van der Waals surface area contributed by atoms with Gasteiger partial charge in [-0.1, -0.05) is 36.4 Å². The van der Waals surface area contributed by atoms with Crippen LogP contribution in [0.15, 0.2) is 73.1 Å². The van der Waals surface area contributed by atoms with E-state index in [1.807, 2.05) is 54.7 Å². The highest BCUT2D eigenvalue weighted by Gasteiger charge is 2.32. The lowest BCUT2D eigenvalue weighted by Crippen LogP contribution is -2.27. The third kappa shape index (κ3) is 2.36. The average molecular weight is 344 g/mol. The molecule has 0 radical (unpaired) electrons. The lowest BCUT2D eigenvalue weighted by molar-refractivity contribution is 0.456. The summed E-state index contributed by atoms with van der Waals surface area (Å²) < 4.78 is 16.7. The lowest BCUT2D eigenvalue weighted by atomic mass is 9.93. The molecule has 2 aromatic carbocycles. The third-order valence-electron chi connectivity index (χ3n) is 5.02. The number of halogens is 1. The molecule has 0 spiro atoms. The first-order valence-electron chi connectivity index (χ1n) is 8.69. The molecule has 26 heavy (non-hydrogen) atoms. The van der Waals surface area contributed by atoms with Gasteiger partial charge in [0.1, 0.15) is 5.82 Å². The molecule has 0 bridgehead atoms. The molecule has 1 N–H and O–H groups in total. The largest absolute Gasteiger partial charge is 0.349 e. The van der Waals surface area contributed by atoms with E-state index >= 15 is 0 Å². The molecular weight excluding hydrogens is 327 g/mol. The van der Waals surface area contributed by atoms with Gasteiger partial charge in [0.2, 0.25) is 5.95 Å². The van der Waals surface area contributed by atoms with E-state index in [-0.39, 0.29) is 17.9 Å². The van der Waals surface area contributed by atoms with Crippen molar-refractivity contribution in [1.82, 2.24) is 14.5 Å². The van der Waals surface area contributed by atoms with Crippen LogP contribution in [0.2, 0.25) is 0 Å². The maximum absolute atomic E-state index is 14.6. The molecule has 0 fully saturated rings. The molecule has 128 valence electrons. The zero-order chi connectivity index (χ0) is 17.5. The van der Waals surface area contributed by atoms with Gasteiger partial charge in [-0.2, -0.15) is 0 Å². The number of hydrogen-bond donors (Lipinski definition) is 1. The number of rotatable bonds is 2. The van der Waals surface area contributed by atoms with Gasteiger partial charge in [0.25, 0.3) is 0 Å². The van der Waals surface area contributed by atoms with Crippen LogP contribution in [0.1, 0.15) is 29.6 Å². The minimum atomic E-state index is -0.187. The SMILES string of the molecule is Fc1ccccc1[C@H]1C[C@@H](c2cccnc2)Nc2nc3ccccc3n21. The van der Waals surface area contributed by atoms with Crippen LogP contribution >= 0.6 is 0 Å². The second-order valence-electron chi connectivity index (χ2n) is 6.55. The average Bonchev–Trinajstić information content (AvgIpc) is 3.07. The molecule has 4 aromatic rings. The quantitative estimate of drug-likeness (QED) is 0.572. The van der Waals surface area contributed by atoms with Crippen LogP contribution in [-0.4, -0.2) is 14.5 Å². The van der Waals surface area contributed by atoms with Crippen LogP contribution in [0.5, 0.6) is 0 Å². The van der Waals surface area contributed by atoms with Crippen LogP contribution in [-0.2, 0) is 0 Å². The summed E-state index contributed by atoms with van der Waals surface area (Å²) in [5.41, 5.74) is 3.68. The first-order chi connectivity index (χ1) is 12.8. The van der Waals surface area contributed by atoms with Crippen LogP contribution in [0.4, 0.5) is 10.3 Å². The van der Waals surface area contributed by atoms with Crippen LogP contribution in [0.3, 0.4) is 0 Å². The molecule has 0 aliphatic carbocycles. The Morgan fingerprint density at radius 2 is 1.85 bits per heavy atom. The molecule has 5 rings (SSSR count). The van der Waals surface area contributed by atoms with Gasteiger partial charge < -0.3 is 9.88 Å². The van der Waals surface area contributed by atoms with Gasteiger partial charge in [-0.25, -0.2) is 9.37 Å². The minimum Gasteiger partial charge on any atom is -0.349 e. The van der Waals surface area contributed by atoms with Gasteiger partial charge in [0.15, 0.2) is 0 Å². The van der Waals surface area contributed by atoms with Gasteiger partial charge >= 0.3 is 0 Å². The van der Waals surface area contributed by atoms with Crippen molar-refractivity contribution in [2.75, 3.05) is 5.32 Å². The summed E-state index contributed by atoms with van der Waals surface area (Å²) in [5.74, 6) is 0.577. The summed E-state index contributed by atoms with van der Waals surface area (Å²) in [6.07, 6.45) is 4.34. The number of hydrogen-bond acceptors (Lipinski definition) is 3. The standard InChI is InChI=1S/C21H17FN4/c22-16-8-2-1-7-15(16)20-12-18(14-6-5-11-23-13-14)25-21-24-17-9-3-4-10-19(17)26(20)21/h1-11,13,18,20H,12H2,(H,24,25)/t18-,20+/m0/s1. The molecule has 1 aliphatic heterocycles. The fraction of sp³-hybridized carbons (Fsp3) is 0.143. The summed E-state index contributed by atoms with van der Waals surface area (Å²) in [6.45, 7) is 0. The maximum atomic E-state index is 14.6. The first-order valence-corrected chi connectivity index (χ1v) is 8.69. The molecular formula is C21H17FN4. The number of imidazole rings is 1. The molecule has 2 atom stereocenters. The summed E-state index contributed by atoms with van der Waals surface area (Å²) in [4.78, 5) is 8.98. The van der Waals surface area contributed by atoms with Crippen molar-refractivity contribution >= 4 is 17.0 Å². The smallest absolute Gasteiger partial charge is 0.204 e. The second kappa shape index (κ2) is 5.95. The highest BCUT2D eigenvalue weighted by atomic mass is 19.1. The van der Waals surface area contributed by atoms with Crippen molar-refractivity contribution in [3.8, 4) is 0 Å².